The maximum atomic E-state index is 9.75. The van der Waals surface area contributed by atoms with E-state index in [1.165, 1.54) is 16.7 Å². The Kier molecular flexibility index (Phi) is 5.36. The van der Waals surface area contributed by atoms with E-state index < -0.39 is 7.25 Å². The van der Waals surface area contributed by atoms with Crippen molar-refractivity contribution in [3.63, 3.8) is 0 Å². The number of nitrogens with zero attached hydrogens (tertiary/aromatic N) is 1. The van der Waals surface area contributed by atoms with Crippen molar-refractivity contribution in [1.29, 1.82) is 0 Å². The fourth-order valence-corrected chi connectivity index (χ4v) is 2.36. The van der Waals surface area contributed by atoms with Gasteiger partial charge in [-0.15, -0.1) is 0 Å². The Balaban J connectivity index is 0.000000309. The maximum absolute atomic E-state index is 9.75. The fraction of sp³-hybridized carbons (Fsp3) is 0.188. The van der Waals surface area contributed by atoms with Gasteiger partial charge in [-0.25, -0.2) is 4.58 Å². The Morgan fingerprint density at radius 1 is 0.864 bits per heavy atom. The lowest BCUT2D eigenvalue weighted by Gasteiger charge is -2.12. The van der Waals surface area contributed by atoms with Gasteiger partial charge in [0.15, 0.2) is 12.8 Å². The lowest BCUT2D eigenvalue weighted by Crippen LogP contribution is -2.22. The summed E-state index contributed by atoms with van der Waals surface area (Å²) >= 11 is 0. The summed E-state index contributed by atoms with van der Waals surface area (Å²) < 4.78 is 41.4. The summed E-state index contributed by atoms with van der Waals surface area (Å²) in [5.74, 6) is 0. The molecule has 0 saturated carbocycles. The Morgan fingerprint density at radius 3 is 2.14 bits per heavy atom. The van der Waals surface area contributed by atoms with E-state index in [1.807, 2.05) is 0 Å². The van der Waals surface area contributed by atoms with Gasteiger partial charge in [0.2, 0.25) is 0 Å². The highest BCUT2D eigenvalue weighted by Gasteiger charge is 2.20. The molecule has 0 amide bonds. The summed E-state index contributed by atoms with van der Waals surface area (Å²) in [5, 5.41) is 0. The van der Waals surface area contributed by atoms with Crippen molar-refractivity contribution in [2.24, 2.45) is 0 Å². The topological polar surface area (TPSA) is 3.01 Å². The standard InChI is InChI=1S/C16H16N.BF4/c1-2-6-14(7-3-1)12-17-11-10-15-8-4-5-9-16(15)13-17;2-1(3,4)5/h1-9,13H,10-12H2;/q+1;-1. The molecule has 0 unspecified atom stereocenters. The molecule has 2 aromatic rings. The molecule has 0 bridgehead atoms. The average molecular weight is 309 g/mol. The van der Waals surface area contributed by atoms with Crippen molar-refractivity contribution in [2.75, 3.05) is 6.54 Å². The summed E-state index contributed by atoms with van der Waals surface area (Å²) in [6.45, 7) is 2.13. The van der Waals surface area contributed by atoms with Crippen molar-refractivity contribution in [1.82, 2.24) is 0 Å². The second-order valence-corrected chi connectivity index (χ2v) is 5.03. The minimum Gasteiger partial charge on any atom is -0.418 e. The maximum Gasteiger partial charge on any atom is 0.673 e. The fourth-order valence-electron chi connectivity index (χ4n) is 2.36. The Hall–Kier alpha value is -2.11. The average Bonchev–Trinajstić information content (AvgIpc) is 2.46. The largest absolute Gasteiger partial charge is 0.673 e. The number of fused-ring (bicyclic) bond motifs is 1. The summed E-state index contributed by atoms with van der Waals surface area (Å²) in [7, 11) is -6.00. The van der Waals surface area contributed by atoms with Gasteiger partial charge < -0.3 is 17.3 Å². The van der Waals surface area contributed by atoms with E-state index in [0.717, 1.165) is 19.5 Å². The first kappa shape index (κ1) is 16.3. The molecule has 0 fully saturated rings. The Bertz CT molecular complexity index is 632. The zero-order valence-corrected chi connectivity index (χ0v) is 11.9. The number of hydrogen-bond acceptors (Lipinski definition) is 0. The van der Waals surface area contributed by atoms with E-state index in [1.54, 1.807) is 0 Å². The molecule has 2 aromatic carbocycles. The van der Waals surface area contributed by atoms with E-state index in [0.29, 0.717) is 0 Å². The molecule has 0 atom stereocenters. The molecule has 1 aliphatic heterocycles. The predicted octanol–water partition coefficient (Wildman–Crippen LogP) is 4.17. The van der Waals surface area contributed by atoms with Crippen LogP contribution in [0, 0.1) is 0 Å². The van der Waals surface area contributed by atoms with Crippen molar-refractivity contribution < 1.29 is 21.8 Å². The van der Waals surface area contributed by atoms with Crippen molar-refractivity contribution in [3.8, 4) is 0 Å². The quantitative estimate of drug-likeness (QED) is 0.445. The van der Waals surface area contributed by atoms with E-state index in [2.05, 4.69) is 65.4 Å². The monoisotopic (exact) mass is 309 g/mol. The number of halogens is 4. The van der Waals surface area contributed by atoms with E-state index in [-0.39, 0.29) is 0 Å². The molecule has 0 N–H and O–H groups in total. The van der Waals surface area contributed by atoms with Crippen LogP contribution in [-0.2, 0) is 13.0 Å². The van der Waals surface area contributed by atoms with Gasteiger partial charge in [0.25, 0.3) is 0 Å². The van der Waals surface area contributed by atoms with Crippen LogP contribution < -0.4 is 0 Å². The first-order valence-electron chi connectivity index (χ1n) is 7.00. The molecule has 1 heterocycles. The first-order chi connectivity index (χ1) is 10.4. The first-order valence-corrected chi connectivity index (χ1v) is 7.00. The van der Waals surface area contributed by atoms with Crippen LogP contribution in [0.5, 0.6) is 0 Å². The molecule has 0 saturated heterocycles. The number of hydrogen-bond donors (Lipinski definition) is 0. The van der Waals surface area contributed by atoms with Crippen LogP contribution in [-0.4, -0.2) is 24.6 Å². The molecule has 1 aliphatic rings. The number of rotatable bonds is 2. The summed E-state index contributed by atoms with van der Waals surface area (Å²) in [6, 6.07) is 19.3. The third kappa shape index (κ3) is 5.72. The van der Waals surface area contributed by atoms with Crippen LogP contribution in [0.3, 0.4) is 0 Å². The highest BCUT2D eigenvalue weighted by atomic mass is 19.5. The molecule has 0 aromatic heterocycles. The van der Waals surface area contributed by atoms with Gasteiger partial charge in [0, 0.05) is 17.5 Å². The van der Waals surface area contributed by atoms with E-state index in [4.69, 9.17) is 0 Å². The van der Waals surface area contributed by atoms with Crippen LogP contribution in [0.1, 0.15) is 16.7 Å². The van der Waals surface area contributed by atoms with Crippen molar-refractivity contribution >= 4 is 13.5 Å². The molecule has 22 heavy (non-hydrogen) atoms. The van der Waals surface area contributed by atoms with Crippen LogP contribution in [0.4, 0.5) is 17.3 Å². The van der Waals surface area contributed by atoms with Crippen LogP contribution >= 0.6 is 0 Å². The Labute approximate surface area is 127 Å². The van der Waals surface area contributed by atoms with Gasteiger partial charge in [-0.2, -0.15) is 0 Å². The van der Waals surface area contributed by atoms with Gasteiger partial charge in [0.05, 0.1) is 0 Å². The molecule has 3 rings (SSSR count). The van der Waals surface area contributed by atoms with Crippen LogP contribution in [0.2, 0.25) is 0 Å². The third-order valence-electron chi connectivity index (χ3n) is 3.27. The second kappa shape index (κ2) is 7.25. The van der Waals surface area contributed by atoms with E-state index >= 15 is 0 Å². The van der Waals surface area contributed by atoms with Crippen molar-refractivity contribution in [3.05, 3.63) is 71.3 Å². The number of benzene rings is 2. The zero-order valence-electron chi connectivity index (χ0n) is 11.9. The zero-order chi connectivity index (χ0) is 16.0. The van der Waals surface area contributed by atoms with Crippen LogP contribution in [0.25, 0.3) is 0 Å². The van der Waals surface area contributed by atoms with Gasteiger partial charge in [-0.05, 0) is 11.6 Å². The molecular weight excluding hydrogens is 293 g/mol. The summed E-state index contributed by atoms with van der Waals surface area (Å²) in [5.41, 5.74) is 4.22. The normalized spacial score (nSPS) is 13.5. The van der Waals surface area contributed by atoms with Gasteiger partial charge in [-0.1, -0.05) is 48.5 Å². The van der Waals surface area contributed by atoms with Gasteiger partial charge in [0.1, 0.15) is 6.54 Å². The smallest absolute Gasteiger partial charge is 0.418 e. The second-order valence-electron chi connectivity index (χ2n) is 5.03. The SMILES string of the molecule is C1=[N+](Cc2ccccc2)CCc2ccccc21.F[B-](F)(F)F. The molecule has 0 radical (unpaired) electrons. The molecule has 0 spiro atoms. The minimum atomic E-state index is -6.00. The highest BCUT2D eigenvalue weighted by molar-refractivity contribution is 6.50. The van der Waals surface area contributed by atoms with Crippen molar-refractivity contribution in [2.45, 2.75) is 13.0 Å². The summed E-state index contributed by atoms with van der Waals surface area (Å²) in [4.78, 5) is 0. The molecule has 1 nitrogen and oxygen atoms in total. The lowest BCUT2D eigenvalue weighted by atomic mass is 10.0. The van der Waals surface area contributed by atoms with E-state index in [9.17, 15) is 17.3 Å². The third-order valence-corrected chi connectivity index (χ3v) is 3.27. The predicted molar refractivity (Wildman–Crippen MR) is 80.8 cm³/mol. The van der Waals surface area contributed by atoms with Gasteiger partial charge in [-0.3, -0.25) is 0 Å². The molecule has 116 valence electrons. The Morgan fingerprint density at radius 2 is 1.45 bits per heavy atom. The molecule has 6 heteroatoms. The molecular formula is C16H16BF4N. The summed E-state index contributed by atoms with van der Waals surface area (Å²) in [6.07, 6.45) is 3.44. The van der Waals surface area contributed by atoms with Crippen LogP contribution in [0.15, 0.2) is 54.6 Å². The lowest BCUT2D eigenvalue weighted by molar-refractivity contribution is -0.540. The van der Waals surface area contributed by atoms with Gasteiger partial charge >= 0.3 is 7.25 Å². The molecule has 0 aliphatic carbocycles. The minimum absolute atomic E-state index is 1.01. The highest BCUT2D eigenvalue weighted by Crippen LogP contribution is 2.12.